The number of hydrogen-bond donors (Lipinski definition) is 1. The van der Waals surface area contributed by atoms with Gasteiger partial charge in [0.25, 0.3) is 0 Å². The summed E-state index contributed by atoms with van der Waals surface area (Å²) in [6.45, 7) is 4.81. The third kappa shape index (κ3) is 3.28. The molecule has 1 amide bonds. The predicted octanol–water partition coefficient (Wildman–Crippen LogP) is 3.22. The molecule has 28 heavy (non-hydrogen) atoms. The molecule has 1 heterocycles. The molecule has 3 aliphatic rings. The van der Waals surface area contributed by atoms with E-state index in [1.807, 2.05) is 0 Å². The normalized spacial score (nSPS) is 35.6. The number of aliphatic hydroxyl groups is 1. The van der Waals surface area contributed by atoms with Crippen molar-refractivity contribution in [2.24, 2.45) is 22.7 Å². The molecule has 0 aromatic heterocycles. The Hall–Kier alpha value is -0.760. The largest absolute Gasteiger partial charge is 0.392 e. The van der Waals surface area contributed by atoms with Crippen molar-refractivity contribution in [1.82, 2.24) is 4.31 Å². The minimum atomic E-state index is -3.70. The van der Waals surface area contributed by atoms with Gasteiger partial charge in [0.1, 0.15) is 12.8 Å². The van der Waals surface area contributed by atoms with Crippen molar-refractivity contribution in [1.29, 1.82) is 0 Å². The second-order valence-corrected chi connectivity index (χ2v) is 11.5. The number of unbranched alkanes of at least 4 members (excludes halogenated alkanes) is 1. The van der Waals surface area contributed by atoms with Crippen LogP contribution in [0.4, 0.5) is 8.78 Å². The summed E-state index contributed by atoms with van der Waals surface area (Å²) < 4.78 is 52.0. The SMILES string of the molecule is C[C@@H](C(=O)N1[C@H]2C[C@@H]3CC[C@@]2(CS1(=O)=O)C3(C)C)[C@H](O)CCCCC(F)CF. The number of amides is 1. The first-order valence-corrected chi connectivity index (χ1v) is 12.0. The third-order valence-corrected chi connectivity index (χ3v) is 9.94. The van der Waals surface area contributed by atoms with E-state index in [0.29, 0.717) is 25.2 Å². The Bertz CT molecular complexity index is 713. The molecule has 0 aromatic rings. The van der Waals surface area contributed by atoms with Crippen molar-refractivity contribution in [3.8, 4) is 0 Å². The maximum Gasteiger partial charge on any atom is 0.241 e. The van der Waals surface area contributed by atoms with E-state index in [2.05, 4.69) is 13.8 Å². The number of carbonyl (C=O) groups excluding carboxylic acids is 1. The quantitative estimate of drug-likeness (QED) is 0.611. The number of nitrogens with zero attached hydrogens (tertiary/aromatic N) is 1. The van der Waals surface area contributed by atoms with E-state index in [1.54, 1.807) is 6.92 Å². The molecule has 0 radical (unpaired) electrons. The van der Waals surface area contributed by atoms with E-state index < -0.39 is 40.8 Å². The zero-order valence-electron chi connectivity index (χ0n) is 17.0. The zero-order chi connectivity index (χ0) is 20.9. The van der Waals surface area contributed by atoms with Gasteiger partial charge in [-0.2, -0.15) is 0 Å². The monoisotopic (exact) mass is 421 g/mol. The Morgan fingerprint density at radius 2 is 1.93 bits per heavy atom. The number of sulfonamides is 1. The lowest BCUT2D eigenvalue weighted by Gasteiger charge is -2.37. The van der Waals surface area contributed by atoms with Gasteiger partial charge < -0.3 is 5.11 Å². The molecule has 2 saturated carbocycles. The molecule has 1 aliphatic heterocycles. The highest BCUT2D eigenvalue weighted by molar-refractivity contribution is 7.90. The summed E-state index contributed by atoms with van der Waals surface area (Å²) in [6.07, 6.45) is 1.32. The van der Waals surface area contributed by atoms with Crippen molar-refractivity contribution < 1.29 is 27.1 Å². The molecule has 8 heteroatoms. The summed E-state index contributed by atoms with van der Waals surface area (Å²) in [4.78, 5) is 13.1. The molecular formula is C20H33F2NO4S. The highest BCUT2D eigenvalue weighted by atomic mass is 32.2. The maximum absolute atomic E-state index is 13.1. The lowest BCUT2D eigenvalue weighted by atomic mass is 9.69. The van der Waals surface area contributed by atoms with Crippen LogP contribution in [0, 0.1) is 22.7 Å². The predicted molar refractivity (Wildman–Crippen MR) is 102 cm³/mol. The van der Waals surface area contributed by atoms with Crippen LogP contribution in [0.1, 0.15) is 65.7 Å². The smallest absolute Gasteiger partial charge is 0.241 e. The summed E-state index contributed by atoms with van der Waals surface area (Å²) in [5, 5.41) is 10.4. The van der Waals surface area contributed by atoms with Gasteiger partial charge in [-0.25, -0.2) is 21.5 Å². The van der Waals surface area contributed by atoms with E-state index in [-0.39, 0.29) is 35.5 Å². The molecular weight excluding hydrogens is 388 g/mol. The third-order valence-electron chi connectivity index (χ3n) is 8.03. The number of halogens is 2. The second kappa shape index (κ2) is 7.49. The summed E-state index contributed by atoms with van der Waals surface area (Å²) in [6, 6.07) is -0.301. The first kappa shape index (κ1) is 21.9. The standard InChI is InChI=1S/C20H33F2NO4S/c1-13(16(24)7-5-4-6-15(22)11-21)18(25)23-17-10-14-8-9-20(17,19(14,2)3)12-28(23,26)27/h13-17,24H,4-12H2,1-3H3/t13-,14+,15?,16-,17+,20+/m1/s1. The van der Waals surface area contributed by atoms with Gasteiger partial charge in [0.2, 0.25) is 15.9 Å². The fourth-order valence-corrected chi connectivity index (χ4v) is 8.61. The Balaban J connectivity index is 1.67. The molecule has 6 atom stereocenters. The van der Waals surface area contributed by atoms with E-state index in [4.69, 9.17) is 0 Å². The van der Waals surface area contributed by atoms with Crippen LogP contribution in [0.5, 0.6) is 0 Å². The Kier molecular flexibility index (Phi) is 5.87. The van der Waals surface area contributed by atoms with Gasteiger partial charge in [0, 0.05) is 5.41 Å². The lowest BCUT2D eigenvalue weighted by molar-refractivity contribution is -0.136. The van der Waals surface area contributed by atoms with Gasteiger partial charge in [-0.05, 0) is 43.4 Å². The Labute approximate surface area is 166 Å². The first-order valence-electron chi connectivity index (χ1n) is 10.4. The number of fused-ring (bicyclic) bond motifs is 1. The average Bonchev–Trinajstić information content (AvgIpc) is 3.11. The molecule has 3 fully saturated rings. The van der Waals surface area contributed by atoms with Crippen molar-refractivity contribution >= 4 is 15.9 Å². The fourth-order valence-electron chi connectivity index (χ4n) is 5.99. The molecule has 162 valence electrons. The van der Waals surface area contributed by atoms with Crippen LogP contribution in [-0.2, 0) is 14.8 Å². The molecule has 2 bridgehead atoms. The van der Waals surface area contributed by atoms with Crippen LogP contribution in [-0.4, -0.2) is 54.5 Å². The molecule has 1 N–H and O–H groups in total. The average molecular weight is 422 g/mol. The topological polar surface area (TPSA) is 74.7 Å². The van der Waals surface area contributed by atoms with Crippen LogP contribution < -0.4 is 0 Å². The molecule has 3 rings (SSSR count). The van der Waals surface area contributed by atoms with Crippen LogP contribution in [0.15, 0.2) is 0 Å². The van der Waals surface area contributed by atoms with Crippen molar-refractivity contribution in [2.75, 3.05) is 12.4 Å². The maximum atomic E-state index is 13.1. The Morgan fingerprint density at radius 3 is 2.54 bits per heavy atom. The van der Waals surface area contributed by atoms with Gasteiger partial charge in [-0.15, -0.1) is 0 Å². The minimum Gasteiger partial charge on any atom is -0.392 e. The highest BCUT2D eigenvalue weighted by Crippen LogP contribution is 2.70. The van der Waals surface area contributed by atoms with Crippen molar-refractivity contribution in [3.63, 3.8) is 0 Å². The van der Waals surface area contributed by atoms with Gasteiger partial charge in [-0.1, -0.05) is 33.6 Å². The molecule has 0 aromatic carbocycles. The first-order chi connectivity index (χ1) is 13.0. The molecule has 5 nitrogen and oxygen atoms in total. The van der Waals surface area contributed by atoms with Crippen LogP contribution in [0.3, 0.4) is 0 Å². The van der Waals surface area contributed by atoms with E-state index in [9.17, 15) is 27.1 Å². The number of hydrogen-bond acceptors (Lipinski definition) is 4. The number of carbonyl (C=O) groups is 1. The summed E-state index contributed by atoms with van der Waals surface area (Å²) >= 11 is 0. The number of rotatable bonds is 8. The van der Waals surface area contributed by atoms with Crippen LogP contribution in [0.25, 0.3) is 0 Å². The summed E-state index contributed by atoms with van der Waals surface area (Å²) in [5.74, 6) is -0.920. The van der Waals surface area contributed by atoms with E-state index in [1.165, 1.54) is 0 Å². The van der Waals surface area contributed by atoms with Gasteiger partial charge in [0.15, 0.2) is 0 Å². The van der Waals surface area contributed by atoms with Gasteiger partial charge >= 0.3 is 0 Å². The zero-order valence-corrected chi connectivity index (χ0v) is 17.9. The lowest BCUT2D eigenvalue weighted by Crippen LogP contribution is -2.47. The fraction of sp³-hybridized carbons (Fsp3) is 0.950. The van der Waals surface area contributed by atoms with Crippen molar-refractivity contribution in [2.45, 2.75) is 84.0 Å². The van der Waals surface area contributed by atoms with Crippen LogP contribution >= 0.6 is 0 Å². The van der Waals surface area contributed by atoms with Gasteiger partial charge in [0.05, 0.1) is 23.8 Å². The second-order valence-electron chi connectivity index (χ2n) is 9.65. The molecule has 2 aliphatic carbocycles. The minimum absolute atomic E-state index is 0.0177. The number of alkyl halides is 2. The summed E-state index contributed by atoms with van der Waals surface area (Å²) in [7, 11) is -3.70. The van der Waals surface area contributed by atoms with E-state index >= 15 is 0 Å². The van der Waals surface area contributed by atoms with E-state index in [0.717, 1.165) is 17.1 Å². The van der Waals surface area contributed by atoms with Crippen LogP contribution in [0.2, 0.25) is 0 Å². The highest BCUT2D eigenvalue weighted by Gasteiger charge is 2.72. The molecule has 1 unspecified atom stereocenters. The van der Waals surface area contributed by atoms with Gasteiger partial charge in [-0.3, -0.25) is 4.79 Å². The molecule has 1 spiro atoms. The summed E-state index contributed by atoms with van der Waals surface area (Å²) in [5.41, 5.74) is -0.486. The number of aliphatic hydroxyl groups excluding tert-OH is 1. The van der Waals surface area contributed by atoms with Crippen molar-refractivity contribution in [3.05, 3.63) is 0 Å². The Morgan fingerprint density at radius 1 is 1.29 bits per heavy atom. The molecule has 1 saturated heterocycles.